The Morgan fingerprint density at radius 2 is 1.92 bits per heavy atom. The molecule has 2 aliphatic carbocycles. The van der Waals surface area contributed by atoms with Crippen molar-refractivity contribution < 1.29 is 4.79 Å². The summed E-state index contributed by atoms with van der Waals surface area (Å²) in [6.07, 6.45) is 4.55. The number of pyridine rings is 1. The fourth-order valence-corrected chi connectivity index (χ4v) is 3.95. The minimum absolute atomic E-state index is 0.00831. The van der Waals surface area contributed by atoms with Crippen LogP contribution in [0, 0.1) is 0 Å². The van der Waals surface area contributed by atoms with Crippen molar-refractivity contribution in [1.29, 1.82) is 0 Å². The quantitative estimate of drug-likeness (QED) is 0.849. The van der Waals surface area contributed by atoms with Crippen molar-refractivity contribution in [2.75, 3.05) is 0 Å². The predicted octanol–water partition coefficient (Wildman–Crippen LogP) is 3.36. The summed E-state index contributed by atoms with van der Waals surface area (Å²) in [7, 11) is 0. The highest BCUT2D eigenvalue weighted by atomic mass is 79.9. The van der Waals surface area contributed by atoms with E-state index in [1.54, 1.807) is 6.07 Å². The lowest BCUT2D eigenvalue weighted by molar-refractivity contribution is -0.124. The number of H-pyrrole nitrogens is 1. The van der Waals surface area contributed by atoms with Gasteiger partial charge in [0.15, 0.2) is 0 Å². The van der Waals surface area contributed by atoms with E-state index < -0.39 is 0 Å². The van der Waals surface area contributed by atoms with Crippen LogP contribution in [0.3, 0.4) is 0 Å². The fraction of sp³-hybridized carbons (Fsp3) is 0.368. The molecule has 24 heavy (non-hydrogen) atoms. The van der Waals surface area contributed by atoms with Crippen LogP contribution >= 0.6 is 15.9 Å². The van der Waals surface area contributed by atoms with Crippen LogP contribution < -0.4 is 10.9 Å². The van der Waals surface area contributed by atoms with Gasteiger partial charge in [0.25, 0.3) is 0 Å². The molecule has 1 heterocycles. The normalized spacial score (nSPS) is 21.0. The third kappa shape index (κ3) is 2.71. The highest BCUT2D eigenvalue weighted by Crippen LogP contribution is 2.49. The van der Waals surface area contributed by atoms with Gasteiger partial charge >= 0.3 is 0 Å². The molecule has 1 amide bonds. The maximum atomic E-state index is 13.0. The predicted molar refractivity (Wildman–Crippen MR) is 95.9 cm³/mol. The van der Waals surface area contributed by atoms with Crippen molar-refractivity contribution in [3.63, 3.8) is 0 Å². The van der Waals surface area contributed by atoms with Crippen LogP contribution in [0.4, 0.5) is 0 Å². The van der Waals surface area contributed by atoms with Gasteiger partial charge < -0.3 is 10.3 Å². The van der Waals surface area contributed by atoms with E-state index >= 15 is 0 Å². The number of carbonyl (C=O) groups excluding carboxylic acids is 1. The lowest BCUT2D eigenvalue weighted by Crippen LogP contribution is -2.39. The van der Waals surface area contributed by atoms with Gasteiger partial charge in [0, 0.05) is 16.2 Å². The summed E-state index contributed by atoms with van der Waals surface area (Å²) < 4.78 is 1.02. The van der Waals surface area contributed by atoms with Crippen molar-refractivity contribution in [2.24, 2.45) is 0 Å². The van der Waals surface area contributed by atoms with Gasteiger partial charge in [-0.3, -0.25) is 9.59 Å². The van der Waals surface area contributed by atoms with Gasteiger partial charge in [0.05, 0.1) is 11.5 Å². The Morgan fingerprint density at radius 3 is 2.62 bits per heavy atom. The van der Waals surface area contributed by atoms with Crippen LogP contribution in [0.1, 0.15) is 48.5 Å². The number of benzene rings is 1. The summed E-state index contributed by atoms with van der Waals surface area (Å²) in [6, 6.07) is 11.4. The minimum Gasteiger partial charge on any atom is -0.348 e. The van der Waals surface area contributed by atoms with E-state index in [4.69, 9.17) is 0 Å². The van der Waals surface area contributed by atoms with E-state index in [1.165, 1.54) is 0 Å². The molecule has 1 aromatic heterocycles. The molecule has 1 saturated carbocycles. The minimum atomic E-state index is -0.375. The number of aromatic amines is 1. The van der Waals surface area contributed by atoms with Crippen molar-refractivity contribution >= 4 is 21.8 Å². The molecule has 4 rings (SSSR count). The summed E-state index contributed by atoms with van der Waals surface area (Å²) >= 11 is 3.44. The van der Waals surface area contributed by atoms with Gasteiger partial charge in [-0.05, 0) is 61.4 Å². The molecule has 1 fully saturated rings. The molecule has 0 spiro atoms. The number of aromatic nitrogens is 1. The zero-order valence-electron chi connectivity index (χ0n) is 13.3. The first-order valence-corrected chi connectivity index (χ1v) is 9.17. The molecule has 5 heteroatoms. The Hall–Kier alpha value is -1.88. The number of hydrogen-bond donors (Lipinski definition) is 2. The average Bonchev–Trinajstić information content (AvgIpc) is 3.37. The lowest BCUT2D eigenvalue weighted by atomic mass is 9.89. The van der Waals surface area contributed by atoms with Crippen molar-refractivity contribution in [3.8, 4) is 0 Å². The van der Waals surface area contributed by atoms with Gasteiger partial charge in [-0.2, -0.15) is 0 Å². The largest absolute Gasteiger partial charge is 0.348 e. The van der Waals surface area contributed by atoms with E-state index in [0.29, 0.717) is 0 Å². The number of halogens is 1. The second-order valence-electron chi connectivity index (χ2n) is 6.76. The molecule has 2 aromatic rings. The van der Waals surface area contributed by atoms with E-state index in [9.17, 15) is 9.59 Å². The molecule has 0 bridgehead atoms. The molecule has 124 valence electrons. The molecule has 0 aliphatic heterocycles. The molecule has 2 N–H and O–H groups in total. The number of amides is 1. The van der Waals surface area contributed by atoms with Gasteiger partial charge in [0.1, 0.15) is 0 Å². The van der Waals surface area contributed by atoms with Gasteiger partial charge in [0.2, 0.25) is 11.5 Å². The molecule has 1 unspecified atom stereocenters. The monoisotopic (exact) mass is 386 g/mol. The van der Waals surface area contributed by atoms with Crippen LogP contribution in [0.2, 0.25) is 0 Å². The lowest BCUT2D eigenvalue weighted by Gasteiger charge is -2.28. The van der Waals surface area contributed by atoms with Crippen LogP contribution in [0.15, 0.2) is 45.7 Å². The highest BCUT2D eigenvalue weighted by molar-refractivity contribution is 9.10. The topological polar surface area (TPSA) is 62.0 Å². The van der Waals surface area contributed by atoms with Gasteiger partial charge in [-0.25, -0.2) is 0 Å². The Balaban J connectivity index is 1.57. The van der Waals surface area contributed by atoms with Crippen LogP contribution in [-0.4, -0.2) is 10.9 Å². The highest BCUT2D eigenvalue weighted by Gasteiger charge is 2.51. The smallest absolute Gasteiger partial charge is 0.248 e. The Kier molecular flexibility index (Phi) is 3.83. The summed E-state index contributed by atoms with van der Waals surface area (Å²) in [5, 5.41) is 3.24. The van der Waals surface area contributed by atoms with Crippen molar-refractivity contribution in [2.45, 2.75) is 43.6 Å². The Bertz CT molecular complexity index is 837. The second-order valence-corrected chi connectivity index (χ2v) is 7.68. The molecule has 1 aromatic carbocycles. The van der Waals surface area contributed by atoms with E-state index in [2.05, 4.69) is 26.2 Å². The number of carbonyl (C=O) groups is 1. The summed E-state index contributed by atoms with van der Waals surface area (Å²) in [5.41, 5.74) is 2.66. The number of aryl methyl sites for hydroxylation is 1. The number of hydrogen-bond acceptors (Lipinski definition) is 2. The van der Waals surface area contributed by atoms with E-state index in [1.807, 2.05) is 30.3 Å². The molecule has 0 radical (unpaired) electrons. The third-order valence-electron chi connectivity index (χ3n) is 5.22. The first-order chi connectivity index (χ1) is 11.6. The summed E-state index contributed by atoms with van der Waals surface area (Å²) in [4.78, 5) is 27.4. The third-order valence-corrected chi connectivity index (χ3v) is 5.75. The van der Waals surface area contributed by atoms with E-state index in [0.717, 1.165) is 53.4 Å². The summed E-state index contributed by atoms with van der Waals surface area (Å²) in [5.74, 6) is 0.105. The Labute approximate surface area is 148 Å². The van der Waals surface area contributed by atoms with Crippen molar-refractivity contribution in [3.05, 3.63) is 68.0 Å². The molecule has 2 aliphatic rings. The van der Waals surface area contributed by atoms with Crippen LogP contribution in [0.25, 0.3) is 0 Å². The molecule has 4 nitrogen and oxygen atoms in total. The maximum absolute atomic E-state index is 13.0. The first kappa shape index (κ1) is 15.6. The van der Waals surface area contributed by atoms with Gasteiger partial charge in [-0.15, -0.1) is 0 Å². The fourth-order valence-electron chi connectivity index (χ4n) is 3.69. The average molecular weight is 387 g/mol. The molecule has 0 saturated heterocycles. The maximum Gasteiger partial charge on any atom is 0.248 e. The second kappa shape index (κ2) is 5.88. The number of fused-ring (bicyclic) bond motifs is 1. The first-order valence-electron chi connectivity index (χ1n) is 8.38. The van der Waals surface area contributed by atoms with E-state index in [-0.39, 0.29) is 22.9 Å². The Morgan fingerprint density at radius 1 is 1.17 bits per heavy atom. The van der Waals surface area contributed by atoms with Gasteiger partial charge in [-0.1, -0.05) is 28.1 Å². The standard InChI is InChI=1S/C19H19BrN2O2/c20-13-6-4-12(5-7-13)19(10-11-19)18(24)22-16-3-1-2-15-14(16)8-9-17(23)21-15/h4-9,16H,1-3,10-11H2,(H,21,23)(H,22,24). The number of nitrogens with one attached hydrogen (secondary N) is 2. The van der Waals surface area contributed by atoms with Crippen LogP contribution in [0.5, 0.6) is 0 Å². The zero-order valence-corrected chi connectivity index (χ0v) is 14.9. The number of rotatable bonds is 3. The molecular formula is C19H19BrN2O2. The van der Waals surface area contributed by atoms with Crippen LogP contribution in [-0.2, 0) is 16.6 Å². The SMILES string of the molecule is O=C(NC1CCCc2[nH]c(=O)ccc21)C1(c2ccc(Br)cc2)CC1. The molecule has 1 atom stereocenters. The zero-order chi connectivity index (χ0) is 16.7. The summed E-state index contributed by atoms with van der Waals surface area (Å²) in [6.45, 7) is 0. The van der Waals surface area contributed by atoms with Crippen molar-refractivity contribution in [1.82, 2.24) is 10.3 Å². The molecular weight excluding hydrogens is 368 g/mol.